The summed E-state index contributed by atoms with van der Waals surface area (Å²) in [6, 6.07) is 31.2. The lowest BCUT2D eigenvalue weighted by Gasteiger charge is -2.54. The predicted octanol–water partition coefficient (Wildman–Crippen LogP) is 4.73. The molecule has 5 nitrogen and oxygen atoms in total. The van der Waals surface area contributed by atoms with Crippen LogP contribution in [0, 0.1) is 0 Å². The first-order valence-electron chi connectivity index (χ1n) is 14.1. The Hall–Kier alpha value is -3.44. The lowest BCUT2D eigenvalue weighted by molar-refractivity contribution is -0.172. The number of piperazine rings is 1. The van der Waals surface area contributed by atoms with Crippen LogP contribution in [0.4, 0.5) is 0 Å². The van der Waals surface area contributed by atoms with Crippen molar-refractivity contribution in [1.82, 2.24) is 14.7 Å². The van der Waals surface area contributed by atoms with Crippen molar-refractivity contribution in [2.75, 3.05) is 32.7 Å². The van der Waals surface area contributed by atoms with Gasteiger partial charge in [0.1, 0.15) is 11.6 Å². The number of rotatable bonds is 7. The molecule has 3 heterocycles. The zero-order valence-corrected chi connectivity index (χ0v) is 22.0. The molecule has 0 radical (unpaired) electrons. The Balaban J connectivity index is 1.28. The summed E-state index contributed by atoms with van der Waals surface area (Å²) in [5, 5.41) is 0. The second kappa shape index (κ2) is 10.7. The van der Waals surface area contributed by atoms with Crippen molar-refractivity contribution < 1.29 is 9.59 Å². The molecule has 1 atom stereocenters. The van der Waals surface area contributed by atoms with Crippen molar-refractivity contribution in [2.45, 2.75) is 49.6 Å². The molecule has 2 amide bonds. The van der Waals surface area contributed by atoms with E-state index in [9.17, 15) is 9.59 Å². The first-order chi connectivity index (χ1) is 18.7. The Labute approximate surface area is 226 Å². The molecule has 6 rings (SSSR count). The van der Waals surface area contributed by atoms with E-state index < -0.39 is 5.54 Å². The Morgan fingerprint density at radius 3 is 1.95 bits per heavy atom. The second-order valence-electron chi connectivity index (χ2n) is 11.1. The van der Waals surface area contributed by atoms with Gasteiger partial charge in [0, 0.05) is 38.6 Å². The number of likely N-dealkylation sites (tertiary alicyclic amines) is 1. The highest BCUT2D eigenvalue weighted by Crippen LogP contribution is 2.41. The van der Waals surface area contributed by atoms with Crippen molar-refractivity contribution in [2.24, 2.45) is 0 Å². The lowest BCUT2D eigenvalue weighted by Crippen LogP contribution is -2.72. The fourth-order valence-electron chi connectivity index (χ4n) is 6.82. The molecule has 0 aliphatic carbocycles. The van der Waals surface area contributed by atoms with Gasteiger partial charge < -0.3 is 14.7 Å². The molecule has 3 fully saturated rings. The summed E-state index contributed by atoms with van der Waals surface area (Å²) >= 11 is 0. The topological polar surface area (TPSA) is 43.9 Å². The summed E-state index contributed by atoms with van der Waals surface area (Å²) in [6.45, 7) is 3.89. The summed E-state index contributed by atoms with van der Waals surface area (Å²) in [4.78, 5) is 34.7. The minimum Gasteiger partial charge on any atom is -0.329 e. The summed E-state index contributed by atoms with van der Waals surface area (Å²) in [5.41, 5.74) is 2.96. The number of carbonyl (C=O) groups is 2. The SMILES string of the molecule is O=C1C2CCCN2C(=O)C2(CCN(CCc3ccccc3)CC2)N1CC(c1ccccc1)c1ccccc1. The minimum absolute atomic E-state index is 0.0232. The number of fused-ring (bicyclic) bond motifs is 1. The average Bonchev–Trinajstić information content (AvgIpc) is 3.48. The van der Waals surface area contributed by atoms with Crippen molar-refractivity contribution in [3.05, 3.63) is 108 Å². The number of nitrogens with zero attached hydrogens (tertiary/aromatic N) is 3. The Morgan fingerprint density at radius 1 is 0.763 bits per heavy atom. The van der Waals surface area contributed by atoms with Gasteiger partial charge in [0.2, 0.25) is 11.8 Å². The van der Waals surface area contributed by atoms with E-state index in [4.69, 9.17) is 0 Å². The third-order valence-electron chi connectivity index (χ3n) is 8.99. The monoisotopic (exact) mass is 507 g/mol. The first-order valence-corrected chi connectivity index (χ1v) is 14.1. The number of carbonyl (C=O) groups excluding carboxylic acids is 2. The van der Waals surface area contributed by atoms with Crippen molar-refractivity contribution in [1.29, 1.82) is 0 Å². The van der Waals surface area contributed by atoms with Crippen LogP contribution in [-0.4, -0.2) is 70.8 Å². The van der Waals surface area contributed by atoms with E-state index >= 15 is 0 Å². The highest BCUT2D eigenvalue weighted by atomic mass is 16.2. The van der Waals surface area contributed by atoms with Gasteiger partial charge in [-0.3, -0.25) is 9.59 Å². The molecule has 0 N–H and O–H groups in total. The summed E-state index contributed by atoms with van der Waals surface area (Å²) in [7, 11) is 0. The van der Waals surface area contributed by atoms with Crippen LogP contribution in [0.3, 0.4) is 0 Å². The molecule has 1 unspecified atom stereocenters. The van der Waals surface area contributed by atoms with Gasteiger partial charge in [0.25, 0.3) is 0 Å². The van der Waals surface area contributed by atoms with E-state index in [1.807, 2.05) is 21.9 Å². The molecule has 3 saturated heterocycles. The standard InChI is InChI=1S/C33H37N3O2/c37-31-30-17-10-21-35(30)32(38)33(19-23-34(24-20-33)22-18-26-11-4-1-5-12-26)36(31)25-29(27-13-6-2-7-14-27)28-15-8-3-9-16-28/h1-9,11-16,29-30H,10,17-25H2. The maximum Gasteiger partial charge on any atom is 0.249 e. The Kier molecular flexibility index (Phi) is 7.03. The predicted molar refractivity (Wildman–Crippen MR) is 150 cm³/mol. The molecule has 0 saturated carbocycles. The highest BCUT2D eigenvalue weighted by molar-refractivity contribution is 6.00. The van der Waals surface area contributed by atoms with E-state index in [0.29, 0.717) is 25.9 Å². The highest BCUT2D eigenvalue weighted by Gasteiger charge is 2.58. The molecule has 3 aliphatic rings. The number of hydrogen-bond donors (Lipinski definition) is 0. The summed E-state index contributed by atoms with van der Waals surface area (Å²) in [6.07, 6.45) is 4.10. The van der Waals surface area contributed by atoms with Gasteiger partial charge in [-0.2, -0.15) is 0 Å². The van der Waals surface area contributed by atoms with Gasteiger partial charge in [-0.15, -0.1) is 0 Å². The van der Waals surface area contributed by atoms with Gasteiger partial charge in [0.05, 0.1) is 0 Å². The van der Waals surface area contributed by atoms with E-state index in [-0.39, 0.29) is 23.8 Å². The van der Waals surface area contributed by atoms with Crippen LogP contribution in [-0.2, 0) is 16.0 Å². The third kappa shape index (κ3) is 4.64. The molecule has 3 aromatic carbocycles. The van der Waals surface area contributed by atoms with Crippen LogP contribution in [0.2, 0.25) is 0 Å². The Morgan fingerprint density at radius 2 is 1.34 bits per heavy atom. The molecule has 3 aromatic rings. The van der Waals surface area contributed by atoms with E-state index in [1.54, 1.807) is 0 Å². The molecule has 38 heavy (non-hydrogen) atoms. The zero-order chi connectivity index (χ0) is 26.0. The van der Waals surface area contributed by atoms with Crippen LogP contribution in [0.25, 0.3) is 0 Å². The molecule has 0 bridgehead atoms. The number of benzene rings is 3. The maximum absolute atomic E-state index is 14.2. The van der Waals surface area contributed by atoms with Crippen LogP contribution in [0.1, 0.15) is 48.3 Å². The zero-order valence-electron chi connectivity index (χ0n) is 22.0. The third-order valence-corrected chi connectivity index (χ3v) is 8.99. The molecule has 196 valence electrons. The average molecular weight is 508 g/mol. The lowest BCUT2D eigenvalue weighted by atomic mass is 9.79. The Bertz CT molecular complexity index is 1200. The molecule has 0 aromatic heterocycles. The fraction of sp³-hybridized carbons (Fsp3) is 0.394. The fourth-order valence-corrected chi connectivity index (χ4v) is 6.82. The molecular weight excluding hydrogens is 470 g/mol. The number of amides is 2. The number of piperidine rings is 1. The van der Waals surface area contributed by atoms with E-state index in [2.05, 4.69) is 83.8 Å². The number of hydrogen-bond acceptors (Lipinski definition) is 3. The van der Waals surface area contributed by atoms with Gasteiger partial charge in [-0.1, -0.05) is 91.0 Å². The molecule has 3 aliphatic heterocycles. The molecular formula is C33H37N3O2. The van der Waals surface area contributed by atoms with E-state index in [0.717, 1.165) is 38.9 Å². The van der Waals surface area contributed by atoms with Crippen molar-refractivity contribution in [3.63, 3.8) is 0 Å². The van der Waals surface area contributed by atoms with Crippen molar-refractivity contribution in [3.8, 4) is 0 Å². The van der Waals surface area contributed by atoms with Crippen molar-refractivity contribution >= 4 is 11.8 Å². The van der Waals surface area contributed by atoms with Gasteiger partial charge in [-0.05, 0) is 48.8 Å². The summed E-state index contributed by atoms with van der Waals surface area (Å²) < 4.78 is 0. The first kappa shape index (κ1) is 24.9. The minimum atomic E-state index is -0.747. The van der Waals surface area contributed by atoms with Gasteiger partial charge in [0.15, 0.2) is 0 Å². The molecule has 1 spiro atoms. The van der Waals surface area contributed by atoms with Crippen LogP contribution in [0.5, 0.6) is 0 Å². The second-order valence-corrected chi connectivity index (χ2v) is 11.1. The van der Waals surface area contributed by atoms with Crippen LogP contribution in [0.15, 0.2) is 91.0 Å². The maximum atomic E-state index is 14.2. The van der Waals surface area contributed by atoms with Crippen LogP contribution >= 0.6 is 0 Å². The quantitative estimate of drug-likeness (QED) is 0.465. The smallest absolute Gasteiger partial charge is 0.249 e. The van der Waals surface area contributed by atoms with Gasteiger partial charge >= 0.3 is 0 Å². The van der Waals surface area contributed by atoms with Gasteiger partial charge in [-0.25, -0.2) is 0 Å². The largest absolute Gasteiger partial charge is 0.329 e. The van der Waals surface area contributed by atoms with E-state index in [1.165, 1.54) is 16.7 Å². The normalized spacial score (nSPS) is 21.3. The van der Waals surface area contributed by atoms with Crippen LogP contribution < -0.4 is 0 Å². The summed E-state index contributed by atoms with van der Waals surface area (Å²) in [5.74, 6) is 0.356. The molecule has 5 heteroatoms.